The van der Waals surface area contributed by atoms with Gasteiger partial charge < -0.3 is 19.4 Å². The number of nitrogens with zero attached hydrogens (tertiary/aromatic N) is 2. The SMILES string of the molecule is COc1cccc(C(NC(=O)c2ccc(OC)c(F)c2)c2nccn2C)c1. The van der Waals surface area contributed by atoms with E-state index in [0.717, 1.165) is 11.6 Å². The van der Waals surface area contributed by atoms with Gasteiger partial charge in [0.1, 0.15) is 17.6 Å². The van der Waals surface area contributed by atoms with Crippen LogP contribution >= 0.6 is 0 Å². The zero-order valence-electron chi connectivity index (χ0n) is 15.3. The molecule has 3 aromatic rings. The molecule has 0 aliphatic rings. The molecule has 140 valence electrons. The van der Waals surface area contributed by atoms with Gasteiger partial charge in [0, 0.05) is 25.0 Å². The number of nitrogens with one attached hydrogen (secondary N) is 1. The Bertz CT molecular complexity index is 955. The average Bonchev–Trinajstić information content (AvgIpc) is 3.11. The Labute approximate surface area is 156 Å². The van der Waals surface area contributed by atoms with Gasteiger partial charge in [-0.25, -0.2) is 9.37 Å². The van der Waals surface area contributed by atoms with E-state index in [1.54, 1.807) is 19.5 Å². The van der Waals surface area contributed by atoms with Crippen molar-refractivity contribution in [2.45, 2.75) is 6.04 Å². The highest BCUT2D eigenvalue weighted by atomic mass is 19.1. The van der Waals surface area contributed by atoms with Crippen LogP contribution in [-0.2, 0) is 7.05 Å². The van der Waals surface area contributed by atoms with Gasteiger partial charge in [0.05, 0.1) is 14.2 Å². The number of benzene rings is 2. The first-order valence-corrected chi connectivity index (χ1v) is 8.29. The maximum atomic E-state index is 14.0. The van der Waals surface area contributed by atoms with Gasteiger partial charge in [-0.15, -0.1) is 0 Å². The fourth-order valence-electron chi connectivity index (χ4n) is 2.80. The number of hydrogen-bond acceptors (Lipinski definition) is 4. The van der Waals surface area contributed by atoms with Crippen molar-refractivity contribution in [2.24, 2.45) is 7.05 Å². The van der Waals surface area contributed by atoms with Crippen LogP contribution in [0, 0.1) is 5.82 Å². The predicted octanol–water partition coefficient (Wildman–Crippen LogP) is 3.10. The molecule has 6 nitrogen and oxygen atoms in total. The third kappa shape index (κ3) is 3.92. The maximum absolute atomic E-state index is 14.0. The number of aryl methyl sites for hydroxylation is 1. The summed E-state index contributed by atoms with van der Waals surface area (Å²) in [5, 5.41) is 2.92. The van der Waals surface area contributed by atoms with E-state index in [9.17, 15) is 9.18 Å². The molecule has 3 rings (SSSR count). The van der Waals surface area contributed by atoms with E-state index in [4.69, 9.17) is 9.47 Å². The first kappa shape index (κ1) is 18.4. The highest BCUT2D eigenvalue weighted by Crippen LogP contribution is 2.25. The number of methoxy groups -OCH3 is 2. The number of ether oxygens (including phenoxy) is 2. The van der Waals surface area contributed by atoms with Crippen LogP contribution in [0.4, 0.5) is 4.39 Å². The molecule has 1 atom stereocenters. The number of imidazole rings is 1. The molecule has 0 radical (unpaired) electrons. The van der Waals surface area contributed by atoms with Gasteiger partial charge in [-0.05, 0) is 35.9 Å². The summed E-state index contributed by atoms with van der Waals surface area (Å²) in [6, 6.07) is 10.9. The number of amides is 1. The lowest BCUT2D eigenvalue weighted by molar-refractivity contribution is 0.0940. The topological polar surface area (TPSA) is 65.4 Å². The van der Waals surface area contributed by atoms with E-state index in [-0.39, 0.29) is 11.3 Å². The van der Waals surface area contributed by atoms with Crippen molar-refractivity contribution in [1.82, 2.24) is 14.9 Å². The van der Waals surface area contributed by atoms with Gasteiger partial charge >= 0.3 is 0 Å². The van der Waals surface area contributed by atoms with Crippen LogP contribution in [-0.4, -0.2) is 29.7 Å². The van der Waals surface area contributed by atoms with Crippen molar-refractivity contribution in [3.8, 4) is 11.5 Å². The number of carbonyl (C=O) groups excluding carboxylic acids is 1. The quantitative estimate of drug-likeness (QED) is 0.725. The highest BCUT2D eigenvalue weighted by Gasteiger charge is 2.22. The van der Waals surface area contributed by atoms with E-state index in [1.807, 2.05) is 35.9 Å². The third-order valence-corrected chi connectivity index (χ3v) is 4.23. The summed E-state index contributed by atoms with van der Waals surface area (Å²) in [4.78, 5) is 17.1. The Kier molecular flexibility index (Phi) is 5.40. The lowest BCUT2D eigenvalue weighted by Crippen LogP contribution is -2.31. The van der Waals surface area contributed by atoms with Crippen LogP contribution in [0.1, 0.15) is 27.8 Å². The Morgan fingerprint density at radius 3 is 2.63 bits per heavy atom. The summed E-state index contributed by atoms with van der Waals surface area (Å²) in [6.45, 7) is 0. The fraction of sp³-hybridized carbons (Fsp3) is 0.200. The minimum atomic E-state index is -0.597. The first-order valence-electron chi connectivity index (χ1n) is 8.29. The molecule has 0 aliphatic carbocycles. The Balaban J connectivity index is 1.95. The molecule has 7 heteroatoms. The second-order valence-electron chi connectivity index (χ2n) is 5.93. The van der Waals surface area contributed by atoms with Crippen molar-refractivity contribution < 1.29 is 18.7 Å². The van der Waals surface area contributed by atoms with E-state index >= 15 is 0 Å². The van der Waals surface area contributed by atoms with Gasteiger partial charge in [0.25, 0.3) is 5.91 Å². The molecule has 0 fully saturated rings. The molecule has 1 N–H and O–H groups in total. The second-order valence-corrected chi connectivity index (χ2v) is 5.93. The average molecular weight is 369 g/mol. The smallest absolute Gasteiger partial charge is 0.252 e. The highest BCUT2D eigenvalue weighted by molar-refractivity contribution is 5.94. The lowest BCUT2D eigenvalue weighted by Gasteiger charge is -2.20. The molecule has 1 heterocycles. The molecule has 1 unspecified atom stereocenters. The molecule has 0 saturated carbocycles. The molecular weight excluding hydrogens is 349 g/mol. The summed E-state index contributed by atoms with van der Waals surface area (Å²) in [5.74, 6) is 0.370. The zero-order valence-corrected chi connectivity index (χ0v) is 15.3. The normalized spacial score (nSPS) is 11.7. The summed E-state index contributed by atoms with van der Waals surface area (Å²) < 4.78 is 26.0. The van der Waals surface area contributed by atoms with Crippen molar-refractivity contribution >= 4 is 5.91 Å². The number of hydrogen-bond donors (Lipinski definition) is 1. The third-order valence-electron chi connectivity index (χ3n) is 4.23. The maximum Gasteiger partial charge on any atom is 0.252 e. The summed E-state index contributed by atoms with van der Waals surface area (Å²) in [5.41, 5.74) is 0.987. The number of aromatic nitrogens is 2. The molecule has 1 amide bonds. The molecule has 0 aliphatic heterocycles. The summed E-state index contributed by atoms with van der Waals surface area (Å²) in [6.07, 6.45) is 3.45. The minimum Gasteiger partial charge on any atom is -0.497 e. The van der Waals surface area contributed by atoms with Crippen LogP contribution in [0.15, 0.2) is 54.9 Å². The monoisotopic (exact) mass is 369 g/mol. The summed E-state index contributed by atoms with van der Waals surface area (Å²) >= 11 is 0. The molecule has 27 heavy (non-hydrogen) atoms. The standard InChI is InChI=1S/C20H20FN3O3/c1-24-10-9-22-19(24)18(13-5-4-6-15(11-13)26-2)23-20(25)14-7-8-17(27-3)16(21)12-14/h4-12,18H,1-3H3,(H,23,25). The van der Waals surface area contributed by atoms with E-state index in [1.165, 1.54) is 19.2 Å². The van der Waals surface area contributed by atoms with Crippen molar-refractivity contribution in [3.05, 3.63) is 77.6 Å². The first-order chi connectivity index (χ1) is 13.0. The Morgan fingerprint density at radius 1 is 1.19 bits per heavy atom. The van der Waals surface area contributed by atoms with Gasteiger partial charge in [0.15, 0.2) is 11.6 Å². The van der Waals surface area contributed by atoms with E-state index in [0.29, 0.717) is 11.6 Å². The van der Waals surface area contributed by atoms with Crippen molar-refractivity contribution in [2.75, 3.05) is 14.2 Å². The molecule has 1 aromatic heterocycles. The zero-order chi connectivity index (χ0) is 19.4. The van der Waals surface area contributed by atoms with Gasteiger partial charge in [-0.2, -0.15) is 0 Å². The molecule has 0 bridgehead atoms. The van der Waals surface area contributed by atoms with Crippen LogP contribution in [0.5, 0.6) is 11.5 Å². The van der Waals surface area contributed by atoms with Crippen LogP contribution < -0.4 is 14.8 Å². The fourth-order valence-corrected chi connectivity index (χ4v) is 2.80. The molecular formula is C20H20FN3O3. The molecule has 2 aromatic carbocycles. The summed E-state index contributed by atoms with van der Waals surface area (Å²) in [7, 11) is 4.79. The van der Waals surface area contributed by atoms with Gasteiger partial charge in [-0.3, -0.25) is 4.79 Å². The van der Waals surface area contributed by atoms with Gasteiger partial charge in [-0.1, -0.05) is 12.1 Å². The van der Waals surface area contributed by atoms with E-state index in [2.05, 4.69) is 10.3 Å². The Hall–Kier alpha value is -3.35. The number of carbonyl (C=O) groups is 1. The van der Waals surface area contributed by atoms with E-state index < -0.39 is 17.8 Å². The van der Waals surface area contributed by atoms with Crippen molar-refractivity contribution in [3.63, 3.8) is 0 Å². The Morgan fingerprint density at radius 2 is 2.00 bits per heavy atom. The molecule has 0 spiro atoms. The van der Waals surface area contributed by atoms with Gasteiger partial charge in [0.2, 0.25) is 0 Å². The van der Waals surface area contributed by atoms with Crippen LogP contribution in [0.2, 0.25) is 0 Å². The van der Waals surface area contributed by atoms with Crippen molar-refractivity contribution in [1.29, 1.82) is 0 Å². The minimum absolute atomic E-state index is 0.0833. The number of halogens is 1. The lowest BCUT2D eigenvalue weighted by atomic mass is 10.0. The second kappa shape index (κ2) is 7.90. The predicted molar refractivity (Wildman–Crippen MR) is 98.5 cm³/mol. The van der Waals surface area contributed by atoms with Crippen LogP contribution in [0.25, 0.3) is 0 Å². The largest absolute Gasteiger partial charge is 0.497 e. The van der Waals surface area contributed by atoms with Crippen LogP contribution in [0.3, 0.4) is 0 Å². The molecule has 0 saturated heterocycles. The number of rotatable bonds is 6.